The summed E-state index contributed by atoms with van der Waals surface area (Å²) in [5, 5.41) is 15.4. The van der Waals surface area contributed by atoms with Gasteiger partial charge in [-0.15, -0.1) is 0 Å². The van der Waals surface area contributed by atoms with Crippen LogP contribution in [0.3, 0.4) is 0 Å². The smallest absolute Gasteiger partial charge is 0.319 e. The summed E-state index contributed by atoms with van der Waals surface area (Å²) >= 11 is 0. The van der Waals surface area contributed by atoms with E-state index in [2.05, 4.69) is 10.6 Å². The van der Waals surface area contributed by atoms with Crippen LogP contribution in [0.5, 0.6) is 11.5 Å². The first-order chi connectivity index (χ1) is 11.5. The molecule has 24 heavy (non-hydrogen) atoms. The Labute approximate surface area is 142 Å². The number of carbonyl (C=O) groups is 1. The minimum Gasteiger partial charge on any atom is -0.492 e. The highest BCUT2D eigenvalue weighted by Gasteiger charge is 2.24. The number of nitrogens with one attached hydrogen (secondary N) is 2. The Hall–Kier alpha value is -1.95. The summed E-state index contributed by atoms with van der Waals surface area (Å²) in [5.74, 6) is 1.48. The number of rotatable bonds is 4. The largest absolute Gasteiger partial charge is 0.492 e. The monoisotopic (exact) mass is 334 g/mol. The molecule has 6 nitrogen and oxygen atoms in total. The lowest BCUT2D eigenvalue weighted by Gasteiger charge is -2.26. The van der Waals surface area contributed by atoms with Crippen molar-refractivity contribution in [3.63, 3.8) is 0 Å². The molecule has 1 heterocycles. The molecule has 1 atom stereocenters. The molecule has 132 valence electrons. The van der Waals surface area contributed by atoms with E-state index in [4.69, 9.17) is 9.47 Å². The molecule has 6 heteroatoms. The summed E-state index contributed by atoms with van der Waals surface area (Å²) < 4.78 is 11.4. The predicted molar refractivity (Wildman–Crippen MR) is 91.8 cm³/mol. The number of amides is 2. The molecular weight excluding hydrogens is 308 g/mol. The highest BCUT2D eigenvalue weighted by molar-refractivity contribution is 5.91. The molecule has 0 aromatic heterocycles. The Morgan fingerprint density at radius 1 is 1.33 bits per heavy atom. The first kappa shape index (κ1) is 16.9. The molecule has 0 bridgehead atoms. The van der Waals surface area contributed by atoms with Gasteiger partial charge in [-0.2, -0.15) is 0 Å². The number of fused-ring (bicyclic) bond motifs is 1. The first-order valence-electron chi connectivity index (χ1n) is 8.77. The topological polar surface area (TPSA) is 79.8 Å². The van der Waals surface area contributed by atoms with Crippen molar-refractivity contribution in [3.8, 4) is 11.5 Å². The van der Waals surface area contributed by atoms with E-state index < -0.39 is 0 Å². The molecule has 1 aromatic carbocycles. The quantitative estimate of drug-likeness (QED) is 0.791. The fourth-order valence-electron chi connectivity index (χ4n) is 3.38. The van der Waals surface area contributed by atoms with Crippen LogP contribution < -0.4 is 20.1 Å². The van der Waals surface area contributed by atoms with E-state index >= 15 is 0 Å². The summed E-state index contributed by atoms with van der Waals surface area (Å²) in [6, 6.07) is 3.65. The zero-order valence-corrected chi connectivity index (χ0v) is 14.3. The Morgan fingerprint density at radius 2 is 2.08 bits per heavy atom. The van der Waals surface area contributed by atoms with Gasteiger partial charge in [0.2, 0.25) is 0 Å². The fourth-order valence-corrected chi connectivity index (χ4v) is 3.38. The highest BCUT2D eigenvalue weighted by Crippen LogP contribution is 2.38. The van der Waals surface area contributed by atoms with Crippen LogP contribution in [0.2, 0.25) is 0 Å². The number of carbonyl (C=O) groups excluding carboxylic acids is 1. The molecule has 0 spiro atoms. The molecule has 3 N–H and O–H groups in total. The van der Waals surface area contributed by atoms with Crippen molar-refractivity contribution in [3.05, 3.63) is 17.7 Å². The lowest BCUT2D eigenvalue weighted by Crippen LogP contribution is -2.40. The summed E-state index contributed by atoms with van der Waals surface area (Å²) in [7, 11) is 0. The van der Waals surface area contributed by atoms with Crippen LogP contribution in [0.15, 0.2) is 12.1 Å². The maximum atomic E-state index is 12.3. The lowest BCUT2D eigenvalue weighted by molar-refractivity contribution is 0.118. The van der Waals surface area contributed by atoms with Crippen LogP contribution in [0.1, 0.15) is 45.1 Å². The van der Waals surface area contributed by atoms with Gasteiger partial charge in [0.15, 0.2) is 0 Å². The summed E-state index contributed by atoms with van der Waals surface area (Å²) in [4.78, 5) is 12.3. The second-order valence-corrected chi connectivity index (χ2v) is 6.63. The van der Waals surface area contributed by atoms with E-state index in [0.29, 0.717) is 18.0 Å². The molecule has 0 saturated heterocycles. The number of aliphatic hydroxyl groups is 1. The van der Waals surface area contributed by atoms with E-state index in [-0.39, 0.29) is 24.3 Å². The van der Waals surface area contributed by atoms with Crippen molar-refractivity contribution in [1.82, 2.24) is 5.32 Å². The molecule has 1 aromatic rings. The van der Waals surface area contributed by atoms with Crippen LogP contribution in [0, 0.1) is 0 Å². The third-order valence-corrected chi connectivity index (χ3v) is 4.58. The van der Waals surface area contributed by atoms with E-state index in [1.807, 2.05) is 26.0 Å². The van der Waals surface area contributed by atoms with Gasteiger partial charge in [0.1, 0.15) is 17.6 Å². The number of anilines is 1. The summed E-state index contributed by atoms with van der Waals surface area (Å²) in [5.41, 5.74) is 1.73. The standard InChI is InChI=1S/C18H26N2O4/c1-3-23-17-9-12-8-11(2)24-16(12)10-15(17)20-18(22)19-13-4-6-14(21)7-5-13/h9-11,13-14,21H,3-8H2,1-2H3,(H2,19,20,22)/t11-,13?,14?/m0/s1. The van der Waals surface area contributed by atoms with Crippen LogP contribution in [-0.2, 0) is 6.42 Å². The minimum absolute atomic E-state index is 0.106. The van der Waals surface area contributed by atoms with Gasteiger partial charge in [0, 0.05) is 24.1 Å². The van der Waals surface area contributed by atoms with Crippen molar-refractivity contribution in [2.45, 2.75) is 64.2 Å². The average Bonchev–Trinajstić information content (AvgIpc) is 2.89. The molecule has 0 radical (unpaired) electrons. The van der Waals surface area contributed by atoms with Crippen LogP contribution in [-0.4, -0.2) is 36.0 Å². The molecular formula is C18H26N2O4. The van der Waals surface area contributed by atoms with Crippen LogP contribution in [0.25, 0.3) is 0 Å². The number of aliphatic hydroxyl groups excluding tert-OH is 1. The van der Waals surface area contributed by atoms with E-state index in [1.54, 1.807) is 0 Å². The third-order valence-electron chi connectivity index (χ3n) is 4.58. The maximum Gasteiger partial charge on any atom is 0.319 e. The van der Waals surface area contributed by atoms with Crippen molar-refractivity contribution in [2.24, 2.45) is 0 Å². The van der Waals surface area contributed by atoms with Gasteiger partial charge in [-0.25, -0.2) is 4.79 Å². The number of hydrogen-bond donors (Lipinski definition) is 3. The van der Waals surface area contributed by atoms with Crippen molar-refractivity contribution in [2.75, 3.05) is 11.9 Å². The Bertz CT molecular complexity index is 597. The minimum atomic E-state index is -0.247. The van der Waals surface area contributed by atoms with Gasteiger partial charge in [0.05, 0.1) is 18.4 Å². The molecule has 1 aliphatic carbocycles. The molecule has 2 aliphatic rings. The first-order valence-corrected chi connectivity index (χ1v) is 8.77. The molecule has 1 saturated carbocycles. The molecule has 3 rings (SSSR count). The molecule has 2 amide bonds. The fraction of sp³-hybridized carbons (Fsp3) is 0.611. The highest BCUT2D eigenvalue weighted by atomic mass is 16.5. The normalized spacial score (nSPS) is 25.5. The summed E-state index contributed by atoms with van der Waals surface area (Å²) in [6.45, 7) is 4.48. The summed E-state index contributed by atoms with van der Waals surface area (Å²) in [6.07, 6.45) is 3.85. The second-order valence-electron chi connectivity index (χ2n) is 6.63. The van der Waals surface area contributed by atoms with Gasteiger partial charge in [-0.3, -0.25) is 0 Å². The van der Waals surface area contributed by atoms with Crippen LogP contribution in [0.4, 0.5) is 10.5 Å². The number of hydrogen-bond acceptors (Lipinski definition) is 4. The maximum absolute atomic E-state index is 12.3. The zero-order chi connectivity index (χ0) is 17.1. The van der Waals surface area contributed by atoms with Crippen molar-refractivity contribution >= 4 is 11.7 Å². The SMILES string of the molecule is CCOc1cc2c(cc1NC(=O)NC1CCC(O)CC1)O[C@@H](C)C2. The van der Waals surface area contributed by atoms with Crippen molar-refractivity contribution < 1.29 is 19.4 Å². The van der Waals surface area contributed by atoms with Gasteiger partial charge in [-0.1, -0.05) is 0 Å². The van der Waals surface area contributed by atoms with E-state index in [0.717, 1.165) is 43.4 Å². The van der Waals surface area contributed by atoms with Gasteiger partial charge >= 0.3 is 6.03 Å². The molecule has 1 aliphatic heterocycles. The lowest BCUT2D eigenvalue weighted by atomic mass is 9.93. The molecule has 0 unspecified atom stereocenters. The average molecular weight is 334 g/mol. The van der Waals surface area contributed by atoms with Crippen molar-refractivity contribution in [1.29, 1.82) is 0 Å². The number of urea groups is 1. The second kappa shape index (κ2) is 7.30. The Morgan fingerprint density at radius 3 is 2.79 bits per heavy atom. The number of ether oxygens (including phenoxy) is 2. The Kier molecular flexibility index (Phi) is 5.14. The van der Waals surface area contributed by atoms with Gasteiger partial charge in [0.25, 0.3) is 0 Å². The third kappa shape index (κ3) is 3.93. The zero-order valence-electron chi connectivity index (χ0n) is 14.3. The molecule has 1 fully saturated rings. The van der Waals surface area contributed by atoms with Gasteiger partial charge in [-0.05, 0) is 45.6 Å². The van der Waals surface area contributed by atoms with E-state index in [1.165, 1.54) is 0 Å². The predicted octanol–water partition coefficient (Wildman–Crippen LogP) is 2.83. The Balaban J connectivity index is 1.67. The van der Waals surface area contributed by atoms with E-state index in [9.17, 15) is 9.90 Å². The number of benzene rings is 1. The van der Waals surface area contributed by atoms with Crippen LogP contribution >= 0.6 is 0 Å². The van der Waals surface area contributed by atoms with Gasteiger partial charge < -0.3 is 25.2 Å².